The second-order valence-corrected chi connectivity index (χ2v) is 7.37. The average molecular weight is 326 g/mol. The van der Waals surface area contributed by atoms with Crippen LogP contribution in [0.15, 0.2) is 24.3 Å². The molecule has 1 saturated heterocycles. The molecule has 114 valence electrons. The number of carboxylic acid groups (broad SMARTS) is 1. The number of rotatable bonds is 7. The van der Waals surface area contributed by atoms with Crippen molar-refractivity contribution in [3.63, 3.8) is 0 Å². The second kappa shape index (κ2) is 8.31. The van der Waals surface area contributed by atoms with E-state index in [4.69, 9.17) is 5.11 Å². The van der Waals surface area contributed by atoms with E-state index < -0.39 is 5.97 Å². The lowest BCUT2D eigenvalue weighted by Gasteiger charge is -2.10. The number of hydrogen-bond acceptors (Lipinski definition) is 5. The third kappa shape index (κ3) is 5.61. The van der Waals surface area contributed by atoms with Crippen molar-refractivity contribution in [3.05, 3.63) is 29.8 Å². The van der Waals surface area contributed by atoms with E-state index in [9.17, 15) is 9.59 Å². The zero-order valence-corrected chi connectivity index (χ0v) is 13.1. The molecule has 0 aromatic heterocycles. The zero-order chi connectivity index (χ0) is 15.1. The van der Waals surface area contributed by atoms with E-state index in [0.717, 1.165) is 13.0 Å². The first-order valence-corrected chi connectivity index (χ1v) is 9.18. The molecule has 21 heavy (non-hydrogen) atoms. The Hall–Kier alpha value is -1.18. The van der Waals surface area contributed by atoms with Gasteiger partial charge in [0, 0.05) is 17.9 Å². The molecule has 1 aliphatic rings. The lowest BCUT2D eigenvalue weighted by Crippen LogP contribution is -2.25. The fraction of sp³-hybridized carbons (Fsp3) is 0.429. The Balaban J connectivity index is 1.65. The van der Waals surface area contributed by atoms with E-state index in [0.29, 0.717) is 17.5 Å². The molecule has 1 atom stereocenters. The van der Waals surface area contributed by atoms with Crippen molar-refractivity contribution >= 4 is 39.2 Å². The summed E-state index contributed by atoms with van der Waals surface area (Å²) < 4.78 is 0. The molecule has 2 rings (SSSR count). The molecule has 0 radical (unpaired) electrons. The fourth-order valence-electron chi connectivity index (χ4n) is 1.90. The predicted molar refractivity (Wildman–Crippen MR) is 87.7 cm³/mol. The molecule has 1 fully saturated rings. The van der Waals surface area contributed by atoms with Gasteiger partial charge in [0.05, 0.1) is 10.9 Å². The highest BCUT2D eigenvalue weighted by Gasteiger charge is 2.15. The molecule has 0 spiro atoms. The predicted octanol–water partition coefficient (Wildman–Crippen LogP) is 2.80. The van der Waals surface area contributed by atoms with Gasteiger partial charge in [0.1, 0.15) is 0 Å². The lowest BCUT2D eigenvalue weighted by atomic mass is 10.2. The number of nitrogens with one attached hydrogen (secondary N) is 2. The van der Waals surface area contributed by atoms with Gasteiger partial charge in [0.2, 0.25) is 5.91 Å². The summed E-state index contributed by atoms with van der Waals surface area (Å²) in [4.78, 5) is 22.5. The summed E-state index contributed by atoms with van der Waals surface area (Å²) in [5.41, 5.74) is 0.838. The molecule has 0 bridgehead atoms. The van der Waals surface area contributed by atoms with Crippen LogP contribution in [0.1, 0.15) is 29.6 Å². The molecule has 1 amide bonds. The van der Waals surface area contributed by atoms with Crippen molar-refractivity contribution in [2.24, 2.45) is 0 Å². The van der Waals surface area contributed by atoms with Crippen molar-refractivity contribution in [1.29, 1.82) is 0 Å². The van der Waals surface area contributed by atoms with Crippen LogP contribution in [0.5, 0.6) is 0 Å². The van der Waals surface area contributed by atoms with Gasteiger partial charge in [0.25, 0.3) is 0 Å². The third-order valence-electron chi connectivity index (χ3n) is 3.02. The highest BCUT2D eigenvalue weighted by atomic mass is 33.1. The SMILES string of the molecule is O=C(CCCN[C@@H]1CCSS1)Nc1ccc(C(=O)O)cc1. The Kier molecular flexibility index (Phi) is 6.41. The first kappa shape index (κ1) is 16.2. The van der Waals surface area contributed by atoms with Gasteiger partial charge in [-0.1, -0.05) is 21.6 Å². The number of hydrogen-bond donors (Lipinski definition) is 3. The van der Waals surface area contributed by atoms with Gasteiger partial charge in [0.15, 0.2) is 0 Å². The highest BCUT2D eigenvalue weighted by Crippen LogP contribution is 2.35. The Morgan fingerprint density at radius 1 is 1.29 bits per heavy atom. The summed E-state index contributed by atoms with van der Waals surface area (Å²) in [7, 11) is 3.75. The zero-order valence-electron chi connectivity index (χ0n) is 11.5. The summed E-state index contributed by atoms with van der Waals surface area (Å²) in [5.74, 6) is 0.171. The Morgan fingerprint density at radius 3 is 2.67 bits per heavy atom. The van der Waals surface area contributed by atoms with Gasteiger partial charge in [-0.05, 0) is 43.7 Å². The largest absolute Gasteiger partial charge is 0.478 e. The molecular formula is C14H18N2O3S2. The van der Waals surface area contributed by atoms with Crippen molar-refractivity contribution < 1.29 is 14.7 Å². The van der Waals surface area contributed by atoms with Crippen LogP contribution in [0, 0.1) is 0 Å². The average Bonchev–Trinajstić information content (AvgIpc) is 2.97. The molecule has 1 aromatic carbocycles. The number of carbonyl (C=O) groups excluding carboxylic acids is 1. The smallest absolute Gasteiger partial charge is 0.335 e. The molecule has 7 heteroatoms. The molecular weight excluding hydrogens is 308 g/mol. The summed E-state index contributed by atoms with van der Waals surface area (Å²) in [6, 6.07) is 6.17. The molecule has 5 nitrogen and oxygen atoms in total. The normalized spacial score (nSPS) is 17.6. The highest BCUT2D eigenvalue weighted by molar-refractivity contribution is 8.77. The monoisotopic (exact) mass is 326 g/mol. The van der Waals surface area contributed by atoms with Crippen LogP contribution in [0.3, 0.4) is 0 Å². The van der Waals surface area contributed by atoms with Crippen molar-refractivity contribution in [2.75, 3.05) is 17.6 Å². The minimum atomic E-state index is -0.970. The fourth-order valence-corrected chi connectivity index (χ4v) is 4.61. The second-order valence-electron chi connectivity index (χ2n) is 4.68. The van der Waals surface area contributed by atoms with Gasteiger partial charge in [-0.2, -0.15) is 0 Å². The maximum atomic E-state index is 11.8. The van der Waals surface area contributed by atoms with Crippen molar-refractivity contribution in [2.45, 2.75) is 24.6 Å². The maximum absolute atomic E-state index is 11.8. The minimum Gasteiger partial charge on any atom is -0.478 e. The van der Waals surface area contributed by atoms with Crippen LogP contribution in [-0.2, 0) is 4.79 Å². The van der Waals surface area contributed by atoms with E-state index >= 15 is 0 Å². The van der Waals surface area contributed by atoms with E-state index in [1.54, 1.807) is 12.1 Å². The number of aromatic carboxylic acids is 1. The topological polar surface area (TPSA) is 78.4 Å². The van der Waals surface area contributed by atoms with Crippen LogP contribution in [-0.4, -0.2) is 34.7 Å². The lowest BCUT2D eigenvalue weighted by molar-refractivity contribution is -0.116. The summed E-state index contributed by atoms with van der Waals surface area (Å²) in [6.07, 6.45) is 2.43. The van der Waals surface area contributed by atoms with Crippen LogP contribution in [0.4, 0.5) is 5.69 Å². The van der Waals surface area contributed by atoms with E-state index in [1.807, 2.05) is 21.6 Å². The molecule has 0 aliphatic carbocycles. The number of carboxylic acids is 1. The maximum Gasteiger partial charge on any atom is 0.335 e. The number of carbonyl (C=O) groups is 2. The van der Waals surface area contributed by atoms with E-state index in [1.165, 1.54) is 24.3 Å². The van der Waals surface area contributed by atoms with Crippen molar-refractivity contribution in [1.82, 2.24) is 5.32 Å². The van der Waals surface area contributed by atoms with E-state index in [2.05, 4.69) is 10.6 Å². The minimum absolute atomic E-state index is 0.0478. The van der Waals surface area contributed by atoms with Crippen LogP contribution >= 0.6 is 21.6 Å². The standard InChI is InChI=1S/C14H18N2O3S2/c17-12(2-1-8-15-13-7-9-20-21-13)16-11-5-3-10(4-6-11)14(18)19/h3-6,13,15H,1-2,7-9H2,(H,16,17)(H,18,19)/t13-/m0/s1. The number of amides is 1. The van der Waals surface area contributed by atoms with Gasteiger partial charge in [-0.15, -0.1) is 0 Å². The first-order valence-electron chi connectivity index (χ1n) is 6.80. The number of benzene rings is 1. The first-order chi connectivity index (χ1) is 10.1. The molecule has 1 heterocycles. The third-order valence-corrected chi connectivity index (χ3v) is 5.79. The number of anilines is 1. The quantitative estimate of drug-likeness (QED) is 0.528. The molecule has 1 aromatic rings. The Bertz CT molecular complexity index is 487. The molecule has 0 unspecified atom stereocenters. The Morgan fingerprint density at radius 2 is 2.05 bits per heavy atom. The molecule has 3 N–H and O–H groups in total. The summed E-state index contributed by atoms with van der Waals surface area (Å²) >= 11 is 0. The summed E-state index contributed by atoms with van der Waals surface area (Å²) in [6.45, 7) is 0.837. The Labute approximate surface area is 131 Å². The van der Waals surface area contributed by atoms with Crippen LogP contribution in [0.25, 0.3) is 0 Å². The van der Waals surface area contributed by atoms with E-state index in [-0.39, 0.29) is 11.5 Å². The van der Waals surface area contributed by atoms with Crippen LogP contribution in [0.2, 0.25) is 0 Å². The molecule has 1 aliphatic heterocycles. The van der Waals surface area contributed by atoms with Crippen LogP contribution < -0.4 is 10.6 Å². The van der Waals surface area contributed by atoms with Gasteiger partial charge < -0.3 is 15.7 Å². The summed E-state index contributed by atoms with van der Waals surface area (Å²) in [5, 5.41) is 15.5. The van der Waals surface area contributed by atoms with Gasteiger partial charge in [-0.25, -0.2) is 4.79 Å². The van der Waals surface area contributed by atoms with Gasteiger partial charge in [-0.3, -0.25) is 4.79 Å². The van der Waals surface area contributed by atoms with Gasteiger partial charge >= 0.3 is 5.97 Å². The van der Waals surface area contributed by atoms with Crippen molar-refractivity contribution in [3.8, 4) is 0 Å². The molecule has 0 saturated carbocycles.